The Kier molecular flexibility index (Phi) is 6.78. The molecular formula is C23H26F2N4O2S2. The minimum Gasteiger partial charge on any atom is -0.280 e. The minimum absolute atomic E-state index is 0.102. The van der Waals surface area contributed by atoms with E-state index in [1.807, 2.05) is 30.3 Å². The predicted octanol–water partition coefficient (Wildman–Crippen LogP) is 4.45. The first kappa shape index (κ1) is 23.7. The van der Waals surface area contributed by atoms with Crippen LogP contribution in [-0.2, 0) is 16.5 Å². The molecule has 1 aliphatic rings. The molecule has 0 unspecified atom stereocenters. The third kappa shape index (κ3) is 5.23. The van der Waals surface area contributed by atoms with Crippen LogP contribution in [0.2, 0.25) is 0 Å². The number of hydrogen-bond acceptors (Lipinski definition) is 5. The number of nitrogens with zero attached hydrogens (tertiary/aromatic N) is 4. The van der Waals surface area contributed by atoms with Gasteiger partial charge in [0.15, 0.2) is 15.7 Å². The maximum atomic E-state index is 14.8. The molecule has 0 radical (unpaired) electrons. The van der Waals surface area contributed by atoms with E-state index in [1.54, 1.807) is 4.68 Å². The zero-order chi connectivity index (χ0) is 23.8. The highest BCUT2D eigenvalue weighted by Crippen LogP contribution is 2.26. The molecule has 1 aromatic heterocycles. The van der Waals surface area contributed by atoms with E-state index in [2.05, 4.69) is 18.7 Å². The molecule has 1 saturated heterocycles. The standard InChI is InChI=1S/C23H26F2N4O2S2/c1-16(2)13-27(19-10-11-33(30,31)14-19)15-28-23(32)29(21-9-8-18(24)12-20(21)25)22(26-28)17-6-4-3-5-7-17/h3-9,12,16,19H,10-11,13-15H2,1-2H3/t19-/m0/s1. The minimum atomic E-state index is -3.06. The van der Waals surface area contributed by atoms with Crippen molar-refractivity contribution in [2.24, 2.45) is 5.92 Å². The number of halogens is 2. The number of hydrogen-bond donors (Lipinski definition) is 0. The molecule has 4 rings (SSSR count). The molecule has 10 heteroatoms. The molecule has 0 saturated carbocycles. The third-order valence-corrected chi connectivity index (χ3v) is 7.81. The van der Waals surface area contributed by atoms with Crippen LogP contribution in [0.15, 0.2) is 48.5 Å². The Balaban J connectivity index is 1.80. The number of rotatable bonds is 7. The molecule has 0 aliphatic carbocycles. The monoisotopic (exact) mass is 492 g/mol. The molecule has 176 valence electrons. The molecule has 0 bridgehead atoms. The summed E-state index contributed by atoms with van der Waals surface area (Å²) in [6.07, 6.45) is 0.557. The Morgan fingerprint density at radius 2 is 1.91 bits per heavy atom. The van der Waals surface area contributed by atoms with Crippen molar-refractivity contribution in [2.75, 3.05) is 18.1 Å². The summed E-state index contributed by atoms with van der Waals surface area (Å²) in [5.41, 5.74) is 0.829. The van der Waals surface area contributed by atoms with Gasteiger partial charge in [0.1, 0.15) is 11.6 Å². The maximum absolute atomic E-state index is 14.8. The van der Waals surface area contributed by atoms with Gasteiger partial charge in [-0.1, -0.05) is 44.2 Å². The van der Waals surface area contributed by atoms with Crippen molar-refractivity contribution < 1.29 is 17.2 Å². The predicted molar refractivity (Wildman–Crippen MR) is 126 cm³/mol. The average Bonchev–Trinajstić information content (AvgIpc) is 3.27. The van der Waals surface area contributed by atoms with E-state index in [-0.39, 0.29) is 34.7 Å². The number of sulfone groups is 1. The molecule has 33 heavy (non-hydrogen) atoms. The molecule has 6 nitrogen and oxygen atoms in total. The third-order valence-electron chi connectivity index (χ3n) is 5.66. The van der Waals surface area contributed by atoms with Crippen LogP contribution >= 0.6 is 12.2 Å². The molecular weight excluding hydrogens is 466 g/mol. The van der Waals surface area contributed by atoms with Gasteiger partial charge in [0.05, 0.1) is 23.9 Å². The number of benzene rings is 2. The Labute approximate surface area is 197 Å². The van der Waals surface area contributed by atoms with Gasteiger partial charge < -0.3 is 0 Å². The Hall–Kier alpha value is -2.43. The quantitative estimate of drug-likeness (QED) is 0.456. The van der Waals surface area contributed by atoms with Crippen molar-refractivity contribution in [2.45, 2.75) is 33.0 Å². The Bertz CT molecular complexity index is 1300. The lowest BCUT2D eigenvalue weighted by molar-refractivity contribution is 0.137. The summed E-state index contributed by atoms with van der Waals surface area (Å²) in [7, 11) is -3.06. The molecule has 1 atom stereocenters. The zero-order valence-electron chi connectivity index (χ0n) is 18.5. The van der Waals surface area contributed by atoms with Crippen LogP contribution in [0.1, 0.15) is 20.3 Å². The first-order chi connectivity index (χ1) is 15.6. The van der Waals surface area contributed by atoms with Gasteiger partial charge in [0.25, 0.3) is 0 Å². The summed E-state index contributed by atoms with van der Waals surface area (Å²) in [5, 5.41) is 4.70. The summed E-state index contributed by atoms with van der Waals surface area (Å²) in [5.74, 6) is -0.429. The van der Waals surface area contributed by atoms with Crippen LogP contribution < -0.4 is 0 Å². The first-order valence-electron chi connectivity index (χ1n) is 10.8. The second-order valence-electron chi connectivity index (χ2n) is 8.77. The van der Waals surface area contributed by atoms with Crippen molar-refractivity contribution >= 4 is 22.1 Å². The van der Waals surface area contributed by atoms with Gasteiger partial charge in [-0.15, -0.1) is 5.10 Å². The SMILES string of the molecule is CC(C)CN(Cn1nc(-c2ccccc2)n(-c2ccc(F)cc2F)c1=S)[C@H]1CCS(=O)(=O)C1. The molecule has 1 aliphatic heterocycles. The van der Waals surface area contributed by atoms with Crippen molar-refractivity contribution in [3.8, 4) is 17.1 Å². The molecule has 3 aromatic rings. The van der Waals surface area contributed by atoms with Crippen LogP contribution in [0.5, 0.6) is 0 Å². The summed E-state index contributed by atoms with van der Waals surface area (Å²) in [4.78, 5) is 2.08. The highest BCUT2D eigenvalue weighted by atomic mass is 32.2. The van der Waals surface area contributed by atoms with E-state index in [0.29, 0.717) is 24.7 Å². The lowest BCUT2D eigenvalue weighted by Gasteiger charge is -2.29. The van der Waals surface area contributed by atoms with Gasteiger partial charge in [0.2, 0.25) is 4.77 Å². The van der Waals surface area contributed by atoms with Gasteiger partial charge in [0, 0.05) is 24.2 Å². The highest BCUT2D eigenvalue weighted by Gasteiger charge is 2.33. The van der Waals surface area contributed by atoms with E-state index >= 15 is 0 Å². The molecule has 2 aromatic carbocycles. The lowest BCUT2D eigenvalue weighted by atomic mass is 10.1. The molecule has 0 N–H and O–H groups in total. The Morgan fingerprint density at radius 1 is 1.18 bits per heavy atom. The van der Waals surface area contributed by atoms with Crippen molar-refractivity contribution in [1.29, 1.82) is 0 Å². The summed E-state index contributed by atoms with van der Waals surface area (Å²) < 4.78 is 55.9. The zero-order valence-corrected chi connectivity index (χ0v) is 20.1. The Morgan fingerprint density at radius 3 is 2.52 bits per heavy atom. The van der Waals surface area contributed by atoms with Gasteiger partial charge in [-0.25, -0.2) is 21.9 Å². The van der Waals surface area contributed by atoms with Crippen LogP contribution in [-0.4, -0.2) is 51.8 Å². The van der Waals surface area contributed by atoms with E-state index < -0.39 is 21.5 Å². The maximum Gasteiger partial charge on any atom is 0.204 e. The largest absolute Gasteiger partial charge is 0.280 e. The van der Waals surface area contributed by atoms with E-state index in [9.17, 15) is 17.2 Å². The second kappa shape index (κ2) is 9.44. The van der Waals surface area contributed by atoms with Crippen molar-refractivity contribution in [1.82, 2.24) is 19.2 Å². The smallest absolute Gasteiger partial charge is 0.204 e. The van der Waals surface area contributed by atoms with E-state index in [1.165, 1.54) is 16.7 Å². The van der Waals surface area contributed by atoms with E-state index in [0.717, 1.165) is 11.6 Å². The molecule has 0 spiro atoms. The van der Waals surface area contributed by atoms with Crippen LogP contribution in [0.4, 0.5) is 8.78 Å². The van der Waals surface area contributed by atoms with Gasteiger partial charge >= 0.3 is 0 Å². The average molecular weight is 493 g/mol. The fourth-order valence-corrected chi connectivity index (χ4v) is 6.23. The molecule has 1 fully saturated rings. The fraction of sp³-hybridized carbons (Fsp3) is 0.391. The first-order valence-corrected chi connectivity index (χ1v) is 13.0. The topological polar surface area (TPSA) is 60.1 Å². The van der Waals surface area contributed by atoms with Crippen molar-refractivity contribution in [3.63, 3.8) is 0 Å². The number of aromatic nitrogens is 3. The van der Waals surface area contributed by atoms with Crippen LogP contribution in [0.3, 0.4) is 0 Å². The molecule has 0 amide bonds. The van der Waals surface area contributed by atoms with Gasteiger partial charge in [-0.3, -0.25) is 9.47 Å². The lowest BCUT2D eigenvalue weighted by Crippen LogP contribution is -2.40. The summed E-state index contributed by atoms with van der Waals surface area (Å²) >= 11 is 5.70. The summed E-state index contributed by atoms with van der Waals surface area (Å²) in [6, 6.07) is 12.4. The van der Waals surface area contributed by atoms with Gasteiger partial charge in [-0.05, 0) is 36.7 Å². The second-order valence-corrected chi connectivity index (χ2v) is 11.4. The van der Waals surface area contributed by atoms with Crippen LogP contribution in [0.25, 0.3) is 17.1 Å². The van der Waals surface area contributed by atoms with E-state index in [4.69, 9.17) is 17.3 Å². The summed E-state index contributed by atoms with van der Waals surface area (Å²) in [6.45, 7) is 5.07. The highest BCUT2D eigenvalue weighted by molar-refractivity contribution is 7.91. The molecule has 2 heterocycles. The van der Waals surface area contributed by atoms with Gasteiger partial charge in [-0.2, -0.15) is 0 Å². The normalized spacial score (nSPS) is 17.8. The van der Waals surface area contributed by atoms with Crippen LogP contribution in [0, 0.1) is 22.3 Å². The fourth-order valence-electron chi connectivity index (χ4n) is 4.18. The van der Waals surface area contributed by atoms with Crippen molar-refractivity contribution in [3.05, 3.63) is 64.9 Å².